The summed E-state index contributed by atoms with van der Waals surface area (Å²) < 4.78 is 6.03. The Bertz CT molecular complexity index is 872. The van der Waals surface area contributed by atoms with Crippen LogP contribution in [0.25, 0.3) is 0 Å². The van der Waals surface area contributed by atoms with Gasteiger partial charge >= 0.3 is 5.97 Å². The Balaban J connectivity index is 1.61. The van der Waals surface area contributed by atoms with Crippen molar-refractivity contribution in [2.24, 2.45) is 22.7 Å². The molecule has 0 aromatic carbocycles. The van der Waals surface area contributed by atoms with E-state index in [1.165, 1.54) is 22.9 Å². The van der Waals surface area contributed by atoms with E-state index in [0.717, 1.165) is 38.5 Å². The molecular formula is C24H30O4S. The topological polar surface area (TPSA) is 60.4 Å². The van der Waals surface area contributed by atoms with E-state index >= 15 is 0 Å². The average Bonchev–Trinajstić information content (AvgIpc) is 3.17. The number of esters is 1. The molecule has 0 N–H and O–H groups in total. The number of ether oxygens (including phenoxy) is 1. The number of hydrogen-bond acceptors (Lipinski definition) is 5. The number of hydrogen-bond donors (Lipinski definition) is 0. The minimum absolute atomic E-state index is 0.0528. The lowest BCUT2D eigenvalue weighted by Crippen LogP contribution is -2.53. The molecule has 4 aliphatic carbocycles. The van der Waals surface area contributed by atoms with Crippen molar-refractivity contribution >= 4 is 28.6 Å². The van der Waals surface area contributed by atoms with Crippen LogP contribution in [-0.4, -0.2) is 27.7 Å². The van der Waals surface area contributed by atoms with E-state index in [1.807, 2.05) is 6.08 Å². The van der Waals surface area contributed by atoms with Crippen LogP contribution in [0.1, 0.15) is 72.1 Å². The van der Waals surface area contributed by atoms with Crippen molar-refractivity contribution < 1.29 is 19.1 Å². The van der Waals surface area contributed by atoms with Gasteiger partial charge in [-0.1, -0.05) is 42.8 Å². The highest BCUT2D eigenvalue weighted by Crippen LogP contribution is 2.69. The molecule has 0 aromatic heterocycles. The zero-order chi connectivity index (χ0) is 20.6. The average molecular weight is 415 g/mol. The zero-order valence-corrected chi connectivity index (χ0v) is 18.4. The van der Waals surface area contributed by atoms with Gasteiger partial charge < -0.3 is 4.74 Å². The van der Waals surface area contributed by atoms with Gasteiger partial charge in [0, 0.05) is 35.8 Å². The van der Waals surface area contributed by atoms with Crippen molar-refractivity contribution in [3.05, 3.63) is 23.3 Å². The number of fused-ring (bicyclic) bond motifs is 6. The van der Waals surface area contributed by atoms with Crippen molar-refractivity contribution in [2.75, 3.05) is 0 Å². The SMILES string of the molecule is CC(=O)S[C@@H]1CC2=CC(=O)CC[C@]2(C)C2=CC[C@@]3(C)C(CC[C@@]34CCC(=O)O4)C21. The highest BCUT2D eigenvalue weighted by Gasteiger charge is 2.66. The van der Waals surface area contributed by atoms with E-state index in [2.05, 4.69) is 19.9 Å². The van der Waals surface area contributed by atoms with Gasteiger partial charge in [0.15, 0.2) is 10.9 Å². The number of allylic oxidation sites excluding steroid dienone is 4. The minimum Gasteiger partial charge on any atom is -0.458 e. The molecule has 2 unspecified atom stereocenters. The number of carbonyl (C=O) groups is 3. The molecule has 4 nitrogen and oxygen atoms in total. The van der Waals surface area contributed by atoms with Crippen molar-refractivity contribution in [1.29, 1.82) is 0 Å². The molecule has 1 heterocycles. The summed E-state index contributed by atoms with van der Waals surface area (Å²) in [5.74, 6) is 0.905. The molecule has 5 rings (SSSR count). The fourth-order valence-electron chi connectivity index (χ4n) is 7.42. The van der Waals surface area contributed by atoms with Gasteiger partial charge in [0.25, 0.3) is 0 Å². The van der Waals surface area contributed by atoms with Crippen molar-refractivity contribution in [3.63, 3.8) is 0 Å². The summed E-state index contributed by atoms with van der Waals surface area (Å²) >= 11 is 1.46. The summed E-state index contributed by atoms with van der Waals surface area (Å²) in [6, 6.07) is 0. The first-order valence-electron chi connectivity index (χ1n) is 11.0. The highest BCUT2D eigenvalue weighted by molar-refractivity contribution is 8.14. The van der Waals surface area contributed by atoms with Gasteiger partial charge in [-0.15, -0.1) is 0 Å². The third-order valence-electron chi connectivity index (χ3n) is 8.99. The van der Waals surface area contributed by atoms with Crippen LogP contribution in [0.3, 0.4) is 0 Å². The Kier molecular flexibility index (Phi) is 4.27. The Morgan fingerprint density at radius 1 is 1.17 bits per heavy atom. The molecule has 0 radical (unpaired) electrons. The number of ketones is 1. The Morgan fingerprint density at radius 3 is 2.66 bits per heavy atom. The molecule has 1 aliphatic heterocycles. The van der Waals surface area contributed by atoms with E-state index < -0.39 is 0 Å². The van der Waals surface area contributed by atoms with Gasteiger partial charge in [-0.3, -0.25) is 14.4 Å². The smallest absolute Gasteiger partial charge is 0.306 e. The van der Waals surface area contributed by atoms with Gasteiger partial charge in [-0.05, 0) is 56.4 Å². The normalized spacial score (nSPS) is 45.8. The summed E-state index contributed by atoms with van der Waals surface area (Å²) in [7, 11) is 0. The highest BCUT2D eigenvalue weighted by atomic mass is 32.2. The van der Waals surface area contributed by atoms with Crippen LogP contribution in [0.5, 0.6) is 0 Å². The first-order valence-corrected chi connectivity index (χ1v) is 11.9. The quantitative estimate of drug-likeness (QED) is 0.457. The third kappa shape index (κ3) is 2.62. The molecular weight excluding hydrogens is 384 g/mol. The second-order valence-corrected chi connectivity index (χ2v) is 11.7. The van der Waals surface area contributed by atoms with Crippen molar-refractivity contribution in [2.45, 2.75) is 83.0 Å². The summed E-state index contributed by atoms with van der Waals surface area (Å²) in [5.41, 5.74) is 2.21. The molecule has 156 valence electrons. The summed E-state index contributed by atoms with van der Waals surface area (Å²) in [6.07, 6.45) is 10.9. The van der Waals surface area contributed by atoms with Gasteiger partial charge in [-0.25, -0.2) is 0 Å². The first-order chi connectivity index (χ1) is 13.7. The maximum Gasteiger partial charge on any atom is 0.306 e. The second-order valence-electron chi connectivity index (χ2n) is 10.2. The van der Waals surface area contributed by atoms with E-state index in [4.69, 9.17) is 4.74 Å². The molecule has 0 aromatic rings. The summed E-state index contributed by atoms with van der Waals surface area (Å²) in [4.78, 5) is 36.4. The van der Waals surface area contributed by atoms with Crippen LogP contribution in [0, 0.1) is 22.7 Å². The summed E-state index contributed by atoms with van der Waals surface area (Å²) in [5, 5.41) is 0.314. The monoisotopic (exact) mass is 414 g/mol. The van der Waals surface area contributed by atoms with Crippen LogP contribution >= 0.6 is 11.8 Å². The molecule has 29 heavy (non-hydrogen) atoms. The van der Waals surface area contributed by atoms with Crippen LogP contribution in [-0.2, 0) is 19.1 Å². The molecule has 3 fully saturated rings. The molecule has 1 spiro atoms. The van der Waals surface area contributed by atoms with Gasteiger partial charge in [0.1, 0.15) is 5.60 Å². The van der Waals surface area contributed by atoms with Crippen LogP contribution in [0.4, 0.5) is 0 Å². The largest absolute Gasteiger partial charge is 0.458 e. The van der Waals surface area contributed by atoms with Gasteiger partial charge in [0.05, 0.1) is 0 Å². The zero-order valence-electron chi connectivity index (χ0n) is 17.6. The van der Waals surface area contributed by atoms with Gasteiger partial charge in [0.2, 0.25) is 0 Å². The van der Waals surface area contributed by atoms with Crippen LogP contribution in [0.15, 0.2) is 23.3 Å². The fourth-order valence-corrected chi connectivity index (χ4v) is 8.59. The maximum atomic E-state index is 12.2. The number of carbonyl (C=O) groups excluding carboxylic acids is 3. The molecule has 0 amide bonds. The Labute approximate surface area is 176 Å². The Morgan fingerprint density at radius 2 is 1.97 bits per heavy atom. The molecule has 5 heteroatoms. The summed E-state index contributed by atoms with van der Waals surface area (Å²) in [6.45, 7) is 6.28. The number of rotatable bonds is 1. The second kappa shape index (κ2) is 6.32. The molecule has 0 bridgehead atoms. The van der Waals surface area contributed by atoms with E-state index in [0.29, 0.717) is 24.7 Å². The van der Waals surface area contributed by atoms with Crippen LogP contribution in [0.2, 0.25) is 0 Å². The van der Waals surface area contributed by atoms with Crippen LogP contribution < -0.4 is 0 Å². The molecule has 5 aliphatic rings. The van der Waals surface area contributed by atoms with Gasteiger partial charge in [-0.2, -0.15) is 0 Å². The molecule has 6 atom stereocenters. The third-order valence-corrected chi connectivity index (χ3v) is 10.1. The lowest BCUT2D eigenvalue weighted by molar-refractivity contribution is -0.160. The lowest BCUT2D eigenvalue weighted by Gasteiger charge is -2.56. The standard InChI is InChI=1S/C24H30O4S/c1-14(25)29-19-13-15-12-16(26)4-8-22(15,2)17-5-9-23(3)18(21(17)19)6-10-24(23)11-7-20(27)28-24/h5,12,18-19,21H,4,6-11,13H2,1-3H3/t18?,19-,21?,22+,23+,24-/m1/s1. The van der Waals surface area contributed by atoms with E-state index in [1.54, 1.807) is 6.92 Å². The first kappa shape index (κ1) is 19.6. The Hall–Kier alpha value is -1.36. The molecule has 2 saturated carbocycles. The van der Waals surface area contributed by atoms with Crippen molar-refractivity contribution in [3.8, 4) is 0 Å². The maximum absolute atomic E-state index is 12.2. The van der Waals surface area contributed by atoms with Crippen molar-refractivity contribution in [1.82, 2.24) is 0 Å². The van der Waals surface area contributed by atoms with E-state index in [9.17, 15) is 14.4 Å². The number of thioether (sulfide) groups is 1. The minimum atomic E-state index is -0.332. The predicted octanol–water partition coefficient (Wildman–Crippen LogP) is 4.77. The predicted molar refractivity (Wildman–Crippen MR) is 112 cm³/mol. The van der Waals surface area contributed by atoms with E-state index in [-0.39, 0.29) is 38.5 Å². The molecule has 1 saturated heterocycles. The lowest BCUT2D eigenvalue weighted by atomic mass is 9.50. The fraction of sp³-hybridized carbons (Fsp3) is 0.708.